The van der Waals surface area contributed by atoms with E-state index < -0.39 is 12.1 Å². The Morgan fingerprint density at radius 1 is 1.19 bits per heavy atom. The maximum atomic E-state index is 8.90. The molecule has 0 spiro atoms. The number of nitrogens with zero attached hydrogens (tertiary/aromatic N) is 1. The number of ether oxygens (including phenoxy) is 4. The van der Waals surface area contributed by atoms with Crippen LogP contribution in [0, 0.1) is 11.3 Å². The number of rotatable bonds is 4. The standard InChI is InChI=1S/C16H19NO4/c1-16(2)20-13-12(8-9-17)19-15(14(13)21-16)18-10-11-6-4-3-5-7-11/h3-7,12-15H,8,10H2,1-2H3/t12-,13-,14-,15-/m1/s1. The van der Waals surface area contributed by atoms with Gasteiger partial charge in [-0.15, -0.1) is 0 Å². The zero-order chi connectivity index (χ0) is 14.9. The van der Waals surface area contributed by atoms with Gasteiger partial charge < -0.3 is 18.9 Å². The third kappa shape index (κ3) is 3.09. The molecule has 2 heterocycles. The third-order valence-corrected chi connectivity index (χ3v) is 3.66. The topological polar surface area (TPSA) is 60.7 Å². The first kappa shape index (κ1) is 14.5. The normalized spacial score (nSPS) is 33.6. The summed E-state index contributed by atoms with van der Waals surface area (Å²) in [5.74, 6) is -0.666. The van der Waals surface area contributed by atoms with E-state index in [4.69, 9.17) is 24.2 Å². The maximum absolute atomic E-state index is 8.90. The average Bonchev–Trinajstić information content (AvgIpc) is 2.93. The van der Waals surface area contributed by atoms with Gasteiger partial charge >= 0.3 is 0 Å². The number of fused-ring (bicyclic) bond motifs is 1. The van der Waals surface area contributed by atoms with Crippen LogP contribution in [0.3, 0.4) is 0 Å². The Morgan fingerprint density at radius 3 is 2.62 bits per heavy atom. The van der Waals surface area contributed by atoms with E-state index in [0.29, 0.717) is 6.61 Å². The van der Waals surface area contributed by atoms with Crippen molar-refractivity contribution in [3.8, 4) is 6.07 Å². The van der Waals surface area contributed by atoms with Crippen molar-refractivity contribution in [1.82, 2.24) is 0 Å². The van der Waals surface area contributed by atoms with Crippen LogP contribution in [0.2, 0.25) is 0 Å². The molecule has 0 N–H and O–H groups in total. The van der Waals surface area contributed by atoms with Crippen molar-refractivity contribution in [2.45, 2.75) is 57.3 Å². The predicted molar refractivity (Wildman–Crippen MR) is 73.9 cm³/mol. The maximum Gasteiger partial charge on any atom is 0.187 e. The van der Waals surface area contributed by atoms with Crippen LogP contribution in [-0.2, 0) is 25.6 Å². The molecule has 0 aliphatic carbocycles. The van der Waals surface area contributed by atoms with Crippen molar-refractivity contribution >= 4 is 0 Å². The summed E-state index contributed by atoms with van der Waals surface area (Å²) in [6.45, 7) is 4.17. The molecular formula is C16H19NO4. The molecular weight excluding hydrogens is 270 g/mol. The van der Waals surface area contributed by atoms with Gasteiger partial charge in [-0.1, -0.05) is 30.3 Å². The van der Waals surface area contributed by atoms with Crippen LogP contribution >= 0.6 is 0 Å². The monoisotopic (exact) mass is 289 g/mol. The Balaban J connectivity index is 1.66. The number of nitriles is 1. The molecule has 0 radical (unpaired) electrons. The zero-order valence-corrected chi connectivity index (χ0v) is 12.2. The fraction of sp³-hybridized carbons (Fsp3) is 0.562. The lowest BCUT2D eigenvalue weighted by Gasteiger charge is -2.23. The van der Waals surface area contributed by atoms with E-state index in [9.17, 15) is 0 Å². The summed E-state index contributed by atoms with van der Waals surface area (Å²) >= 11 is 0. The first-order valence-corrected chi connectivity index (χ1v) is 7.13. The summed E-state index contributed by atoms with van der Waals surface area (Å²) in [5.41, 5.74) is 1.07. The van der Waals surface area contributed by atoms with Crippen molar-refractivity contribution < 1.29 is 18.9 Å². The minimum absolute atomic E-state index is 0.250. The van der Waals surface area contributed by atoms with Crippen molar-refractivity contribution in [2.75, 3.05) is 0 Å². The van der Waals surface area contributed by atoms with E-state index in [1.54, 1.807) is 0 Å². The van der Waals surface area contributed by atoms with E-state index in [2.05, 4.69) is 6.07 Å². The third-order valence-electron chi connectivity index (χ3n) is 3.66. The smallest absolute Gasteiger partial charge is 0.187 e. The fourth-order valence-electron chi connectivity index (χ4n) is 2.78. The quantitative estimate of drug-likeness (QED) is 0.851. The molecule has 0 amide bonds. The highest BCUT2D eigenvalue weighted by Gasteiger charge is 2.55. The van der Waals surface area contributed by atoms with Crippen LogP contribution in [0.15, 0.2) is 30.3 Å². The van der Waals surface area contributed by atoms with Crippen molar-refractivity contribution in [3.05, 3.63) is 35.9 Å². The van der Waals surface area contributed by atoms with Crippen LogP contribution < -0.4 is 0 Å². The minimum atomic E-state index is -0.666. The fourth-order valence-corrected chi connectivity index (χ4v) is 2.78. The van der Waals surface area contributed by atoms with Crippen LogP contribution in [0.1, 0.15) is 25.8 Å². The molecule has 2 aliphatic rings. The Bertz CT molecular complexity index is 525. The van der Waals surface area contributed by atoms with Gasteiger partial charge in [0.1, 0.15) is 18.3 Å². The Hall–Kier alpha value is -1.45. The average molecular weight is 289 g/mol. The lowest BCUT2D eigenvalue weighted by Crippen LogP contribution is -2.31. The second-order valence-electron chi connectivity index (χ2n) is 5.77. The first-order valence-electron chi connectivity index (χ1n) is 7.13. The molecule has 1 aromatic rings. The van der Waals surface area contributed by atoms with Gasteiger partial charge in [-0.2, -0.15) is 5.26 Å². The summed E-state index contributed by atoms with van der Waals surface area (Å²) in [4.78, 5) is 0. The van der Waals surface area contributed by atoms with Gasteiger partial charge in [-0.25, -0.2) is 0 Å². The van der Waals surface area contributed by atoms with E-state index >= 15 is 0 Å². The predicted octanol–water partition coefficient (Wildman–Crippen LogP) is 2.36. The molecule has 3 rings (SSSR count). The van der Waals surface area contributed by atoms with E-state index in [-0.39, 0.29) is 24.7 Å². The molecule has 5 nitrogen and oxygen atoms in total. The molecule has 0 saturated carbocycles. The van der Waals surface area contributed by atoms with Gasteiger partial charge in [-0.3, -0.25) is 0 Å². The molecule has 112 valence electrons. The van der Waals surface area contributed by atoms with Gasteiger partial charge in [0.15, 0.2) is 12.1 Å². The highest BCUT2D eigenvalue weighted by molar-refractivity contribution is 5.13. The van der Waals surface area contributed by atoms with Gasteiger partial charge in [0.25, 0.3) is 0 Å². The molecule has 21 heavy (non-hydrogen) atoms. The van der Waals surface area contributed by atoms with Crippen LogP contribution in [0.25, 0.3) is 0 Å². The summed E-state index contributed by atoms with van der Waals surface area (Å²) in [6.07, 6.45) is -1.08. The second-order valence-corrected chi connectivity index (χ2v) is 5.77. The lowest BCUT2D eigenvalue weighted by molar-refractivity contribution is -0.235. The van der Waals surface area contributed by atoms with Gasteiger partial charge in [0.05, 0.1) is 19.1 Å². The number of benzene rings is 1. The first-order chi connectivity index (χ1) is 10.1. The molecule has 0 unspecified atom stereocenters. The van der Waals surface area contributed by atoms with Crippen molar-refractivity contribution in [2.24, 2.45) is 0 Å². The molecule has 5 heteroatoms. The van der Waals surface area contributed by atoms with Gasteiger partial charge in [0, 0.05) is 0 Å². The Kier molecular flexibility index (Phi) is 3.96. The summed E-state index contributed by atoms with van der Waals surface area (Å²) in [5, 5.41) is 8.90. The van der Waals surface area contributed by atoms with Crippen LogP contribution in [0.5, 0.6) is 0 Å². The molecule has 0 bridgehead atoms. The van der Waals surface area contributed by atoms with Gasteiger partial charge in [0.2, 0.25) is 0 Å². The number of hydrogen-bond acceptors (Lipinski definition) is 5. The lowest BCUT2D eigenvalue weighted by atomic mass is 10.1. The highest BCUT2D eigenvalue weighted by atomic mass is 16.8. The summed E-state index contributed by atoms with van der Waals surface area (Å²) in [7, 11) is 0. The molecule has 2 saturated heterocycles. The van der Waals surface area contributed by atoms with E-state index in [0.717, 1.165) is 5.56 Å². The SMILES string of the molecule is CC1(C)O[C@H]2[C@H](OCc3ccccc3)O[C@H](CC#N)[C@H]2O1. The second kappa shape index (κ2) is 5.74. The van der Waals surface area contributed by atoms with E-state index in [1.807, 2.05) is 44.2 Å². The zero-order valence-electron chi connectivity index (χ0n) is 12.2. The minimum Gasteiger partial charge on any atom is -0.345 e. The van der Waals surface area contributed by atoms with E-state index in [1.165, 1.54) is 0 Å². The summed E-state index contributed by atoms with van der Waals surface area (Å²) < 4.78 is 23.3. The molecule has 1 aromatic carbocycles. The largest absolute Gasteiger partial charge is 0.345 e. The molecule has 0 aromatic heterocycles. The van der Waals surface area contributed by atoms with Crippen LogP contribution in [0.4, 0.5) is 0 Å². The van der Waals surface area contributed by atoms with Crippen molar-refractivity contribution in [3.63, 3.8) is 0 Å². The summed E-state index contributed by atoms with van der Waals surface area (Å²) in [6, 6.07) is 12.0. The van der Waals surface area contributed by atoms with Crippen molar-refractivity contribution in [1.29, 1.82) is 5.26 Å². The highest BCUT2D eigenvalue weighted by Crippen LogP contribution is 2.40. The van der Waals surface area contributed by atoms with Crippen LogP contribution in [-0.4, -0.2) is 30.4 Å². The molecule has 4 atom stereocenters. The van der Waals surface area contributed by atoms with Gasteiger partial charge in [-0.05, 0) is 19.4 Å². The molecule has 2 aliphatic heterocycles. The molecule has 2 fully saturated rings. The number of hydrogen-bond donors (Lipinski definition) is 0. The Morgan fingerprint density at radius 2 is 1.90 bits per heavy atom. The Labute approximate surface area is 124 Å².